The van der Waals surface area contributed by atoms with E-state index in [-0.39, 0.29) is 36.2 Å². The third kappa shape index (κ3) is 5.58. The maximum absolute atomic E-state index is 12.4. The lowest BCUT2D eigenvalue weighted by atomic mass is 9.91. The molecule has 3 fully saturated rings. The summed E-state index contributed by atoms with van der Waals surface area (Å²) in [7, 11) is 0. The average Bonchev–Trinajstić information content (AvgIpc) is 3.14. The SMILES string of the molecule is Cc1nn(C2CCC(=O)NC2=O)c2cccc(OC3CC(OC4CCN(C(=O)OC(C)(C)C)CC4)C3)c12. The molecule has 1 aliphatic carbocycles. The highest BCUT2D eigenvalue weighted by atomic mass is 16.6. The summed E-state index contributed by atoms with van der Waals surface area (Å²) in [5.41, 5.74) is 1.13. The minimum Gasteiger partial charge on any atom is -0.489 e. The molecule has 1 atom stereocenters. The van der Waals surface area contributed by atoms with Gasteiger partial charge in [-0.2, -0.15) is 5.10 Å². The summed E-state index contributed by atoms with van der Waals surface area (Å²) >= 11 is 0. The zero-order chi connectivity index (χ0) is 26.3. The molecule has 2 aliphatic heterocycles. The number of hydrogen-bond donors (Lipinski definition) is 1. The van der Waals surface area contributed by atoms with Crippen LogP contribution in [0, 0.1) is 6.92 Å². The number of rotatable bonds is 5. The molecule has 1 N–H and O–H groups in total. The summed E-state index contributed by atoms with van der Waals surface area (Å²) < 4.78 is 19.8. The molecular weight excluding hydrogens is 476 g/mol. The number of fused-ring (bicyclic) bond motifs is 1. The number of imide groups is 1. The summed E-state index contributed by atoms with van der Waals surface area (Å²) in [6, 6.07) is 5.27. The largest absolute Gasteiger partial charge is 0.489 e. The zero-order valence-corrected chi connectivity index (χ0v) is 22.0. The van der Waals surface area contributed by atoms with Crippen LogP contribution >= 0.6 is 0 Å². The number of carbonyl (C=O) groups is 3. The zero-order valence-electron chi connectivity index (χ0n) is 22.0. The van der Waals surface area contributed by atoms with Crippen molar-refractivity contribution in [2.24, 2.45) is 0 Å². The van der Waals surface area contributed by atoms with Gasteiger partial charge in [0.1, 0.15) is 23.5 Å². The van der Waals surface area contributed by atoms with Gasteiger partial charge in [-0.3, -0.25) is 19.6 Å². The lowest BCUT2D eigenvalue weighted by molar-refractivity contribution is -0.135. The van der Waals surface area contributed by atoms with Gasteiger partial charge < -0.3 is 19.1 Å². The van der Waals surface area contributed by atoms with Gasteiger partial charge in [-0.15, -0.1) is 0 Å². The topological polar surface area (TPSA) is 112 Å². The van der Waals surface area contributed by atoms with E-state index in [0.29, 0.717) is 25.9 Å². The van der Waals surface area contributed by atoms with Crippen molar-refractivity contribution in [1.82, 2.24) is 20.0 Å². The number of hydrogen-bond acceptors (Lipinski definition) is 7. The van der Waals surface area contributed by atoms with Crippen LogP contribution in [-0.4, -0.2) is 69.6 Å². The number of amides is 3. The van der Waals surface area contributed by atoms with Gasteiger partial charge >= 0.3 is 6.09 Å². The van der Waals surface area contributed by atoms with E-state index in [0.717, 1.165) is 48.0 Å². The van der Waals surface area contributed by atoms with Gasteiger partial charge in [0.05, 0.1) is 28.8 Å². The Labute approximate surface area is 216 Å². The van der Waals surface area contributed by atoms with Crippen LogP contribution in [-0.2, 0) is 19.1 Å². The van der Waals surface area contributed by atoms with E-state index in [9.17, 15) is 14.4 Å². The summed E-state index contributed by atoms with van der Waals surface area (Å²) in [4.78, 5) is 38.0. The summed E-state index contributed by atoms with van der Waals surface area (Å²) in [5, 5.41) is 7.94. The summed E-state index contributed by atoms with van der Waals surface area (Å²) in [5.74, 6) is 0.194. The lowest BCUT2D eigenvalue weighted by Gasteiger charge is -2.40. The highest BCUT2D eigenvalue weighted by Crippen LogP contribution is 2.36. The number of aromatic nitrogens is 2. The Balaban J connectivity index is 1.14. The van der Waals surface area contributed by atoms with Crippen LogP contribution in [0.1, 0.15) is 71.0 Å². The quantitative estimate of drug-likeness (QED) is 0.609. The molecular formula is C27H36N4O6. The monoisotopic (exact) mass is 512 g/mol. The van der Waals surface area contributed by atoms with Crippen LogP contribution in [0.25, 0.3) is 10.9 Å². The predicted octanol–water partition coefficient (Wildman–Crippen LogP) is 3.65. The lowest BCUT2D eigenvalue weighted by Crippen LogP contribution is -2.46. The molecule has 1 aromatic carbocycles. The number of nitrogens with one attached hydrogen (secondary N) is 1. The molecule has 0 radical (unpaired) electrons. The Hall–Kier alpha value is -3.14. The second-order valence-electron chi connectivity index (χ2n) is 11.3. The Kier molecular flexibility index (Phi) is 6.87. The number of aryl methyl sites for hydroxylation is 1. The third-order valence-corrected chi connectivity index (χ3v) is 7.20. The van der Waals surface area contributed by atoms with Crippen molar-refractivity contribution < 1.29 is 28.6 Å². The second kappa shape index (κ2) is 9.96. The molecule has 10 heteroatoms. The van der Waals surface area contributed by atoms with Gasteiger partial charge in [0.2, 0.25) is 5.91 Å². The highest BCUT2D eigenvalue weighted by molar-refractivity contribution is 6.00. The molecule has 10 nitrogen and oxygen atoms in total. The maximum Gasteiger partial charge on any atom is 0.410 e. The number of benzene rings is 1. The van der Waals surface area contributed by atoms with Gasteiger partial charge in [-0.1, -0.05) is 6.07 Å². The predicted molar refractivity (Wildman–Crippen MR) is 135 cm³/mol. The van der Waals surface area contributed by atoms with Crippen molar-refractivity contribution in [1.29, 1.82) is 0 Å². The number of nitrogens with zero attached hydrogens (tertiary/aromatic N) is 3. The number of piperidine rings is 2. The van der Waals surface area contributed by atoms with Gasteiger partial charge in [0.15, 0.2) is 0 Å². The Morgan fingerprint density at radius 3 is 2.46 bits per heavy atom. The summed E-state index contributed by atoms with van der Waals surface area (Å²) in [6.45, 7) is 8.83. The normalized spacial score (nSPS) is 25.1. The van der Waals surface area contributed by atoms with E-state index in [2.05, 4.69) is 10.4 Å². The summed E-state index contributed by atoms with van der Waals surface area (Å²) in [6.07, 6.45) is 4.05. The van der Waals surface area contributed by atoms with Crippen molar-refractivity contribution in [2.45, 2.75) is 96.2 Å². The van der Waals surface area contributed by atoms with Crippen molar-refractivity contribution >= 4 is 28.8 Å². The first-order chi connectivity index (χ1) is 17.6. The first-order valence-electron chi connectivity index (χ1n) is 13.2. The van der Waals surface area contributed by atoms with E-state index in [1.54, 1.807) is 9.58 Å². The van der Waals surface area contributed by atoms with Gasteiger partial charge in [-0.25, -0.2) is 4.79 Å². The molecule has 1 unspecified atom stereocenters. The molecule has 2 aromatic rings. The van der Waals surface area contributed by atoms with Gasteiger partial charge in [0, 0.05) is 32.4 Å². The van der Waals surface area contributed by atoms with Crippen molar-refractivity contribution in [3.63, 3.8) is 0 Å². The minimum absolute atomic E-state index is 0.0517. The van der Waals surface area contributed by atoms with Crippen LogP contribution in [0.4, 0.5) is 4.79 Å². The molecule has 2 saturated heterocycles. The number of likely N-dealkylation sites (tertiary alicyclic amines) is 1. The fourth-order valence-electron chi connectivity index (χ4n) is 5.27. The average molecular weight is 513 g/mol. The van der Waals surface area contributed by atoms with Crippen molar-refractivity contribution in [2.75, 3.05) is 13.1 Å². The van der Waals surface area contributed by atoms with Gasteiger partial charge in [-0.05, 0) is 59.1 Å². The molecule has 5 rings (SSSR count). The Morgan fingerprint density at radius 1 is 1.05 bits per heavy atom. The molecule has 200 valence electrons. The molecule has 3 heterocycles. The highest BCUT2D eigenvalue weighted by Gasteiger charge is 2.36. The van der Waals surface area contributed by atoms with Crippen LogP contribution in [0.3, 0.4) is 0 Å². The molecule has 1 saturated carbocycles. The standard InChI is InChI=1S/C27H36N4O6/c1-16-24-20(31(29-16)21-8-9-23(32)28-25(21)33)6-5-7-22(24)36-19-14-18(15-19)35-17-10-12-30(13-11-17)26(34)37-27(2,3)4/h5-7,17-19,21H,8-15H2,1-4H3,(H,28,32,33). The molecule has 0 spiro atoms. The third-order valence-electron chi connectivity index (χ3n) is 7.20. The number of carbonyl (C=O) groups excluding carboxylic acids is 3. The van der Waals surface area contributed by atoms with Crippen molar-refractivity contribution in [3.05, 3.63) is 23.9 Å². The van der Waals surface area contributed by atoms with Crippen LogP contribution in [0.2, 0.25) is 0 Å². The van der Waals surface area contributed by atoms with E-state index in [1.807, 2.05) is 45.9 Å². The molecule has 0 bridgehead atoms. The van der Waals surface area contributed by atoms with Gasteiger partial charge in [0.25, 0.3) is 5.91 Å². The van der Waals surface area contributed by atoms with E-state index in [1.165, 1.54) is 0 Å². The van der Waals surface area contributed by atoms with Crippen LogP contribution in [0.15, 0.2) is 18.2 Å². The van der Waals surface area contributed by atoms with Crippen LogP contribution < -0.4 is 10.1 Å². The molecule has 3 amide bonds. The Bertz CT molecular complexity index is 1190. The fraction of sp³-hybridized carbons (Fsp3) is 0.630. The van der Waals surface area contributed by atoms with E-state index in [4.69, 9.17) is 14.2 Å². The van der Waals surface area contributed by atoms with E-state index >= 15 is 0 Å². The minimum atomic E-state index is -0.507. The van der Waals surface area contributed by atoms with Crippen LogP contribution in [0.5, 0.6) is 5.75 Å². The number of ether oxygens (including phenoxy) is 3. The smallest absolute Gasteiger partial charge is 0.410 e. The maximum atomic E-state index is 12.4. The molecule has 3 aliphatic rings. The first kappa shape index (κ1) is 25.5. The Morgan fingerprint density at radius 2 is 1.78 bits per heavy atom. The first-order valence-corrected chi connectivity index (χ1v) is 13.2. The van der Waals surface area contributed by atoms with Crippen molar-refractivity contribution in [3.8, 4) is 5.75 Å². The second-order valence-corrected chi connectivity index (χ2v) is 11.3. The molecule has 1 aromatic heterocycles. The fourth-order valence-corrected chi connectivity index (χ4v) is 5.27. The van der Waals surface area contributed by atoms with E-state index < -0.39 is 11.6 Å². The molecule has 37 heavy (non-hydrogen) atoms.